The van der Waals surface area contributed by atoms with E-state index in [2.05, 4.69) is 26.3 Å². The molecule has 2 amide bonds. The maximum absolute atomic E-state index is 13.1. The van der Waals surface area contributed by atoms with Crippen molar-refractivity contribution >= 4 is 22.8 Å². The van der Waals surface area contributed by atoms with Crippen LogP contribution in [0.1, 0.15) is 28.8 Å². The molecule has 2 aliphatic heterocycles. The molecule has 0 atom stereocenters. The molecule has 214 valence electrons. The summed E-state index contributed by atoms with van der Waals surface area (Å²) in [6, 6.07) is 17.2. The number of nitrogens with one attached hydrogen (secondary N) is 2. The zero-order valence-corrected chi connectivity index (χ0v) is 23.0. The fraction of sp³-hybridized carbons (Fsp3) is 0.323. The maximum atomic E-state index is 13.1. The van der Waals surface area contributed by atoms with Crippen LogP contribution >= 0.6 is 0 Å². The molecule has 11 heteroatoms. The summed E-state index contributed by atoms with van der Waals surface area (Å²) in [6.45, 7) is 3.48. The van der Waals surface area contributed by atoms with Gasteiger partial charge in [-0.05, 0) is 42.0 Å². The van der Waals surface area contributed by atoms with Gasteiger partial charge in [0, 0.05) is 74.3 Å². The SMILES string of the molecule is N#Cc1cc(-c2ncnc3[nH]c(-c4cccc(C(=O)N5CCNCC5)c4)cc23)ccc1OC1CCN(C(=O)CO)CC1. The fourth-order valence-electron chi connectivity index (χ4n) is 5.57. The number of benzene rings is 2. The number of piperazine rings is 1. The smallest absolute Gasteiger partial charge is 0.253 e. The molecule has 3 N–H and O–H groups in total. The quantitative estimate of drug-likeness (QED) is 0.323. The number of rotatable bonds is 6. The second-order valence-electron chi connectivity index (χ2n) is 10.5. The van der Waals surface area contributed by atoms with Crippen LogP contribution in [-0.2, 0) is 4.79 Å². The van der Waals surface area contributed by atoms with Gasteiger partial charge in [0.05, 0.1) is 11.3 Å². The second kappa shape index (κ2) is 12.0. The molecule has 2 fully saturated rings. The summed E-state index contributed by atoms with van der Waals surface area (Å²) in [4.78, 5) is 40.6. The predicted molar refractivity (Wildman–Crippen MR) is 156 cm³/mol. The van der Waals surface area contributed by atoms with Gasteiger partial charge in [0.2, 0.25) is 5.91 Å². The number of aliphatic hydroxyl groups is 1. The third kappa shape index (κ3) is 5.54. The standard InChI is InChI=1S/C31H31N7O4/c32-17-23-15-21(4-5-27(23)42-24-6-10-37(11-7-24)28(40)18-39)29-25-16-26(36-30(25)35-19-34-29)20-2-1-3-22(14-20)31(41)38-12-8-33-9-13-38/h1-5,14-16,19,24,33,39H,6-13,18H2,(H,34,35,36). The molecule has 6 rings (SSSR count). The first-order valence-electron chi connectivity index (χ1n) is 14.1. The Morgan fingerprint density at radius 2 is 1.81 bits per heavy atom. The van der Waals surface area contributed by atoms with E-state index in [1.807, 2.05) is 41.3 Å². The number of nitrogens with zero attached hydrogens (tertiary/aromatic N) is 5. The number of aliphatic hydroxyl groups excluding tert-OH is 1. The Labute approximate surface area is 242 Å². The van der Waals surface area contributed by atoms with Crippen molar-refractivity contribution in [1.82, 2.24) is 30.1 Å². The van der Waals surface area contributed by atoms with Gasteiger partial charge in [-0.3, -0.25) is 9.59 Å². The number of aromatic nitrogens is 3. The Hall–Kier alpha value is -4.79. The van der Waals surface area contributed by atoms with E-state index in [1.54, 1.807) is 17.0 Å². The highest BCUT2D eigenvalue weighted by Gasteiger charge is 2.24. The van der Waals surface area contributed by atoms with E-state index in [-0.39, 0.29) is 17.9 Å². The topological polar surface area (TPSA) is 147 Å². The number of aromatic amines is 1. The first-order valence-corrected chi connectivity index (χ1v) is 14.1. The number of piperidine rings is 1. The van der Waals surface area contributed by atoms with Gasteiger partial charge >= 0.3 is 0 Å². The molecular weight excluding hydrogens is 534 g/mol. The fourth-order valence-corrected chi connectivity index (χ4v) is 5.57. The maximum Gasteiger partial charge on any atom is 0.253 e. The van der Waals surface area contributed by atoms with E-state index in [4.69, 9.17) is 9.84 Å². The number of hydrogen-bond donors (Lipinski definition) is 3. The van der Waals surface area contributed by atoms with Crippen LogP contribution in [0.4, 0.5) is 0 Å². The van der Waals surface area contributed by atoms with Crippen molar-refractivity contribution in [2.24, 2.45) is 0 Å². The Morgan fingerprint density at radius 3 is 2.57 bits per heavy atom. The number of carbonyl (C=O) groups excluding carboxylic acids is 2. The number of fused-ring (bicyclic) bond motifs is 1. The molecule has 2 aromatic heterocycles. The van der Waals surface area contributed by atoms with Crippen LogP contribution in [0.5, 0.6) is 5.75 Å². The number of carbonyl (C=O) groups is 2. The molecule has 2 aliphatic rings. The Morgan fingerprint density at radius 1 is 1.00 bits per heavy atom. The number of nitriles is 1. The molecule has 0 unspecified atom stereocenters. The van der Waals surface area contributed by atoms with Crippen LogP contribution in [0.3, 0.4) is 0 Å². The van der Waals surface area contributed by atoms with Gasteiger partial charge in [0.1, 0.15) is 36.5 Å². The first kappa shape index (κ1) is 27.4. The van der Waals surface area contributed by atoms with E-state index in [1.165, 1.54) is 6.33 Å². The minimum Gasteiger partial charge on any atom is -0.489 e. The molecule has 0 spiro atoms. The molecular formula is C31H31N7O4. The van der Waals surface area contributed by atoms with E-state index in [9.17, 15) is 14.9 Å². The van der Waals surface area contributed by atoms with Crippen LogP contribution in [0.15, 0.2) is 54.9 Å². The Bertz CT molecular complexity index is 1660. The van der Waals surface area contributed by atoms with Gasteiger partial charge < -0.3 is 29.9 Å². The van der Waals surface area contributed by atoms with Gasteiger partial charge in [-0.1, -0.05) is 12.1 Å². The van der Waals surface area contributed by atoms with Crippen LogP contribution in [0.25, 0.3) is 33.5 Å². The highest BCUT2D eigenvalue weighted by Crippen LogP contribution is 2.33. The first-order chi connectivity index (χ1) is 20.5. The van der Waals surface area contributed by atoms with Gasteiger partial charge in [0.15, 0.2) is 0 Å². The highest BCUT2D eigenvalue weighted by atomic mass is 16.5. The number of amides is 2. The van der Waals surface area contributed by atoms with Crippen LogP contribution in [0.2, 0.25) is 0 Å². The van der Waals surface area contributed by atoms with E-state index in [0.29, 0.717) is 67.2 Å². The van der Waals surface area contributed by atoms with Crippen molar-refractivity contribution in [2.45, 2.75) is 18.9 Å². The Balaban J connectivity index is 1.24. The summed E-state index contributed by atoms with van der Waals surface area (Å²) in [5.74, 6) is 0.223. The minimum atomic E-state index is -0.493. The molecule has 0 saturated carbocycles. The second-order valence-corrected chi connectivity index (χ2v) is 10.5. The summed E-state index contributed by atoms with van der Waals surface area (Å²) in [6.07, 6.45) is 2.61. The summed E-state index contributed by atoms with van der Waals surface area (Å²) in [7, 11) is 0. The normalized spacial score (nSPS) is 15.9. The van der Waals surface area contributed by atoms with E-state index < -0.39 is 6.61 Å². The Kier molecular flexibility index (Phi) is 7.81. The number of H-pyrrole nitrogens is 1. The zero-order valence-electron chi connectivity index (χ0n) is 23.0. The summed E-state index contributed by atoms with van der Waals surface area (Å²) in [5, 5.41) is 23.1. The van der Waals surface area contributed by atoms with Gasteiger partial charge in [0.25, 0.3) is 5.91 Å². The van der Waals surface area contributed by atoms with Crippen molar-refractivity contribution in [3.8, 4) is 34.3 Å². The van der Waals surface area contributed by atoms with Gasteiger partial charge in [-0.15, -0.1) is 0 Å². The minimum absolute atomic E-state index is 0.0190. The van der Waals surface area contributed by atoms with Crippen molar-refractivity contribution in [3.63, 3.8) is 0 Å². The van der Waals surface area contributed by atoms with Crippen LogP contribution < -0.4 is 10.1 Å². The third-order valence-corrected chi connectivity index (χ3v) is 7.85. The molecule has 4 heterocycles. The summed E-state index contributed by atoms with van der Waals surface area (Å²) >= 11 is 0. The van der Waals surface area contributed by atoms with Crippen LogP contribution in [0, 0.1) is 11.3 Å². The average molecular weight is 566 g/mol. The molecule has 0 radical (unpaired) electrons. The molecule has 0 aliphatic carbocycles. The molecule has 2 saturated heterocycles. The lowest BCUT2D eigenvalue weighted by Crippen LogP contribution is -2.46. The predicted octanol–water partition coefficient (Wildman–Crippen LogP) is 2.57. The lowest BCUT2D eigenvalue weighted by molar-refractivity contribution is -0.135. The van der Waals surface area contributed by atoms with Gasteiger partial charge in [-0.25, -0.2) is 9.97 Å². The van der Waals surface area contributed by atoms with Crippen molar-refractivity contribution in [2.75, 3.05) is 45.9 Å². The highest BCUT2D eigenvalue weighted by molar-refractivity contribution is 5.97. The molecule has 2 aromatic carbocycles. The average Bonchev–Trinajstić information content (AvgIpc) is 3.50. The molecule has 42 heavy (non-hydrogen) atoms. The van der Waals surface area contributed by atoms with Gasteiger partial charge in [-0.2, -0.15) is 5.26 Å². The lowest BCUT2D eigenvalue weighted by atomic mass is 10.0. The van der Waals surface area contributed by atoms with E-state index in [0.717, 1.165) is 35.3 Å². The lowest BCUT2D eigenvalue weighted by Gasteiger charge is -2.32. The molecule has 0 bridgehead atoms. The largest absolute Gasteiger partial charge is 0.489 e. The summed E-state index contributed by atoms with van der Waals surface area (Å²) < 4.78 is 6.16. The molecule has 11 nitrogen and oxygen atoms in total. The van der Waals surface area contributed by atoms with Crippen LogP contribution in [-0.4, -0.2) is 93.7 Å². The van der Waals surface area contributed by atoms with E-state index >= 15 is 0 Å². The zero-order chi connectivity index (χ0) is 29.1. The summed E-state index contributed by atoms with van der Waals surface area (Å²) in [5.41, 5.74) is 4.79. The monoisotopic (exact) mass is 565 g/mol. The number of likely N-dealkylation sites (tertiary alicyclic amines) is 1. The van der Waals surface area contributed by atoms with Crippen molar-refractivity contribution in [3.05, 3.63) is 66.0 Å². The number of ether oxygens (including phenoxy) is 1. The third-order valence-electron chi connectivity index (χ3n) is 7.85. The molecule has 4 aromatic rings. The van der Waals surface area contributed by atoms with Crippen molar-refractivity contribution in [1.29, 1.82) is 5.26 Å². The van der Waals surface area contributed by atoms with Crippen molar-refractivity contribution < 1.29 is 19.4 Å². The number of hydrogen-bond acceptors (Lipinski definition) is 8.